The summed E-state index contributed by atoms with van der Waals surface area (Å²) in [6.07, 6.45) is 1.69. The van der Waals surface area contributed by atoms with E-state index in [4.69, 9.17) is 4.42 Å². The third-order valence-electron chi connectivity index (χ3n) is 3.32. The van der Waals surface area contributed by atoms with E-state index in [1.54, 1.807) is 20.0 Å². The Bertz CT molecular complexity index is 937. The second-order valence-electron chi connectivity index (χ2n) is 4.95. The molecule has 0 saturated heterocycles. The molecule has 0 radical (unpaired) electrons. The maximum atomic E-state index is 11.9. The van der Waals surface area contributed by atoms with Crippen LogP contribution in [0.2, 0.25) is 0 Å². The minimum atomic E-state index is -0.605. The maximum absolute atomic E-state index is 11.9. The summed E-state index contributed by atoms with van der Waals surface area (Å²) in [6.45, 7) is 3.26. The topological polar surface area (TPSA) is 75.7 Å². The lowest BCUT2D eigenvalue weighted by Crippen LogP contribution is -2.12. The van der Waals surface area contributed by atoms with Crippen LogP contribution in [0.5, 0.6) is 5.75 Å². The smallest absolute Gasteiger partial charge is 0.348 e. The van der Waals surface area contributed by atoms with Gasteiger partial charge in [0.2, 0.25) is 0 Å². The predicted molar refractivity (Wildman–Crippen MR) is 85.0 cm³/mol. The summed E-state index contributed by atoms with van der Waals surface area (Å²) in [4.78, 5) is 20.7. The molecule has 0 spiro atoms. The van der Waals surface area contributed by atoms with Gasteiger partial charge in [0.25, 0.3) is 0 Å². The van der Waals surface area contributed by atoms with Crippen LogP contribution in [0.25, 0.3) is 10.9 Å². The summed E-state index contributed by atoms with van der Waals surface area (Å²) >= 11 is 0. The third kappa shape index (κ3) is 2.48. The van der Waals surface area contributed by atoms with Gasteiger partial charge in [0.15, 0.2) is 0 Å². The molecule has 110 valence electrons. The highest BCUT2D eigenvalue weighted by Crippen LogP contribution is 2.25. The second kappa shape index (κ2) is 5.44. The number of rotatable bonds is 2. The van der Waals surface area contributed by atoms with Gasteiger partial charge in [-0.2, -0.15) is 0 Å². The Morgan fingerprint density at radius 3 is 2.82 bits per heavy atom. The van der Waals surface area contributed by atoms with Crippen molar-refractivity contribution in [3.8, 4) is 5.75 Å². The Kier molecular flexibility index (Phi) is 3.47. The zero-order valence-corrected chi connectivity index (χ0v) is 12.2. The standard InChI is InChI=1S/C17H14N2O3/c1-10-9-14(20)15(17(21)22-10)11(2)19-13-7-3-5-12-6-4-8-18-16(12)13/h3-9,20H,1-2H3. The van der Waals surface area contributed by atoms with Gasteiger partial charge >= 0.3 is 5.63 Å². The lowest BCUT2D eigenvalue weighted by molar-refractivity contribution is 0.432. The van der Waals surface area contributed by atoms with Crippen molar-refractivity contribution in [2.24, 2.45) is 4.99 Å². The summed E-state index contributed by atoms with van der Waals surface area (Å²) in [6, 6.07) is 10.8. The van der Waals surface area contributed by atoms with Gasteiger partial charge in [-0.3, -0.25) is 9.98 Å². The molecule has 0 bridgehead atoms. The number of aromatic hydroxyl groups is 1. The molecule has 5 heteroatoms. The number of aliphatic imine (C=N–C) groups is 1. The molecule has 0 atom stereocenters. The maximum Gasteiger partial charge on any atom is 0.348 e. The van der Waals surface area contributed by atoms with E-state index >= 15 is 0 Å². The summed E-state index contributed by atoms with van der Waals surface area (Å²) in [5.41, 5.74) is 1.21. The van der Waals surface area contributed by atoms with Crippen molar-refractivity contribution in [2.45, 2.75) is 13.8 Å². The molecule has 3 aromatic rings. The van der Waals surface area contributed by atoms with Crippen LogP contribution in [0.1, 0.15) is 18.2 Å². The van der Waals surface area contributed by atoms with E-state index in [2.05, 4.69) is 9.98 Å². The molecule has 2 heterocycles. The number of aryl methyl sites for hydroxylation is 1. The summed E-state index contributed by atoms with van der Waals surface area (Å²) in [5, 5.41) is 10.9. The van der Waals surface area contributed by atoms with Crippen LogP contribution in [0, 0.1) is 6.92 Å². The first-order valence-electron chi connectivity index (χ1n) is 6.79. The first-order valence-corrected chi connectivity index (χ1v) is 6.79. The van der Waals surface area contributed by atoms with Gasteiger partial charge in [-0.1, -0.05) is 18.2 Å². The van der Waals surface area contributed by atoms with Crippen LogP contribution in [0.4, 0.5) is 5.69 Å². The first-order chi connectivity index (χ1) is 10.6. The number of nitrogens with zero attached hydrogens (tertiary/aromatic N) is 2. The van der Waals surface area contributed by atoms with Crippen molar-refractivity contribution >= 4 is 22.3 Å². The first kappa shape index (κ1) is 14.0. The molecule has 0 fully saturated rings. The van der Waals surface area contributed by atoms with E-state index in [1.807, 2.05) is 30.3 Å². The molecule has 3 rings (SSSR count). The zero-order valence-electron chi connectivity index (χ0n) is 12.2. The zero-order chi connectivity index (χ0) is 15.7. The number of hydrogen-bond acceptors (Lipinski definition) is 5. The molecular weight excluding hydrogens is 280 g/mol. The Labute approximate surface area is 126 Å². The van der Waals surface area contributed by atoms with E-state index in [9.17, 15) is 9.90 Å². The van der Waals surface area contributed by atoms with Gasteiger partial charge in [-0.15, -0.1) is 0 Å². The number of para-hydroxylation sites is 1. The fourth-order valence-corrected chi connectivity index (χ4v) is 2.34. The predicted octanol–water partition coefficient (Wildman–Crippen LogP) is 3.34. The molecular formula is C17H14N2O3. The molecule has 0 aliphatic rings. The normalized spacial score (nSPS) is 11.8. The third-order valence-corrected chi connectivity index (χ3v) is 3.32. The Morgan fingerprint density at radius 2 is 2.05 bits per heavy atom. The average Bonchev–Trinajstić information content (AvgIpc) is 2.46. The fourth-order valence-electron chi connectivity index (χ4n) is 2.34. The van der Waals surface area contributed by atoms with Crippen molar-refractivity contribution in [2.75, 3.05) is 0 Å². The van der Waals surface area contributed by atoms with Gasteiger partial charge in [0.1, 0.15) is 17.1 Å². The number of fused-ring (bicyclic) bond motifs is 1. The molecule has 0 amide bonds. The monoisotopic (exact) mass is 294 g/mol. The number of hydrogen-bond donors (Lipinski definition) is 1. The highest BCUT2D eigenvalue weighted by molar-refractivity contribution is 6.03. The molecule has 0 aliphatic carbocycles. The highest BCUT2D eigenvalue weighted by Gasteiger charge is 2.13. The Hall–Kier alpha value is -2.95. The van der Waals surface area contributed by atoms with Gasteiger partial charge in [0.05, 0.1) is 16.9 Å². The SMILES string of the molecule is CC(=Nc1cccc2cccnc12)c1c(O)cc(C)oc1=O. The van der Waals surface area contributed by atoms with Gasteiger partial charge in [0, 0.05) is 17.6 Å². The van der Waals surface area contributed by atoms with Crippen molar-refractivity contribution in [3.05, 3.63) is 64.3 Å². The van der Waals surface area contributed by atoms with Crippen LogP contribution < -0.4 is 5.63 Å². The van der Waals surface area contributed by atoms with Crippen LogP contribution in [-0.4, -0.2) is 15.8 Å². The summed E-state index contributed by atoms with van der Waals surface area (Å²) in [5.74, 6) is 0.217. The molecule has 0 unspecified atom stereocenters. The van der Waals surface area contributed by atoms with E-state index in [-0.39, 0.29) is 11.3 Å². The molecule has 0 aliphatic heterocycles. The van der Waals surface area contributed by atoms with Gasteiger partial charge in [-0.05, 0) is 26.0 Å². The van der Waals surface area contributed by atoms with Gasteiger partial charge in [-0.25, -0.2) is 4.79 Å². The van der Waals surface area contributed by atoms with Crippen molar-refractivity contribution in [3.63, 3.8) is 0 Å². The summed E-state index contributed by atoms with van der Waals surface area (Å²) < 4.78 is 5.02. The Morgan fingerprint density at radius 1 is 1.27 bits per heavy atom. The van der Waals surface area contributed by atoms with Crippen LogP contribution >= 0.6 is 0 Å². The highest BCUT2D eigenvalue weighted by atomic mass is 16.4. The van der Waals surface area contributed by atoms with Crippen LogP contribution in [0.15, 0.2) is 56.8 Å². The largest absolute Gasteiger partial charge is 0.507 e. The molecule has 22 heavy (non-hydrogen) atoms. The van der Waals surface area contributed by atoms with E-state index in [0.29, 0.717) is 17.2 Å². The number of benzene rings is 1. The molecule has 1 N–H and O–H groups in total. The minimum Gasteiger partial charge on any atom is -0.507 e. The lowest BCUT2D eigenvalue weighted by atomic mass is 10.1. The van der Waals surface area contributed by atoms with Crippen molar-refractivity contribution in [1.82, 2.24) is 4.98 Å². The Balaban J connectivity index is 2.18. The van der Waals surface area contributed by atoms with Crippen LogP contribution in [-0.2, 0) is 0 Å². The quantitative estimate of drug-likeness (QED) is 0.735. The fraction of sp³-hybridized carbons (Fsp3) is 0.118. The molecule has 5 nitrogen and oxygen atoms in total. The average molecular weight is 294 g/mol. The molecule has 1 aromatic carbocycles. The number of pyridine rings is 1. The van der Waals surface area contributed by atoms with E-state index in [0.717, 1.165) is 10.9 Å². The van der Waals surface area contributed by atoms with Gasteiger partial charge < -0.3 is 9.52 Å². The molecule has 2 aromatic heterocycles. The second-order valence-corrected chi connectivity index (χ2v) is 4.95. The van der Waals surface area contributed by atoms with E-state index < -0.39 is 5.63 Å². The summed E-state index contributed by atoms with van der Waals surface area (Å²) in [7, 11) is 0. The van der Waals surface area contributed by atoms with Crippen LogP contribution in [0.3, 0.4) is 0 Å². The van der Waals surface area contributed by atoms with E-state index in [1.165, 1.54) is 6.07 Å². The van der Waals surface area contributed by atoms with Crippen molar-refractivity contribution in [1.29, 1.82) is 0 Å². The minimum absolute atomic E-state index is 0.0681. The number of aromatic nitrogens is 1. The van der Waals surface area contributed by atoms with Crippen molar-refractivity contribution < 1.29 is 9.52 Å². The molecule has 0 saturated carbocycles. The lowest BCUT2D eigenvalue weighted by Gasteiger charge is -2.05.